The Hall–Kier alpha value is -1.41. The molecule has 2 fully saturated rings. The Balaban J connectivity index is 1.69. The summed E-state index contributed by atoms with van der Waals surface area (Å²) in [5.41, 5.74) is 3.74. The Morgan fingerprint density at radius 3 is 2.64 bits per heavy atom. The van der Waals surface area contributed by atoms with Crippen LogP contribution >= 0.6 is 0 Å². The van der Waals surface area contributed by atoms with Crippen LogP contribution in [0.5, 0.6) is 0 Å². The normalized spacial score (nSPS) is 33.0. The van der Waals surface area contributed by atoms with E-state index in [-0.39, 0.29) is 24.7 Å². The summed E-state index contributed by atoms with van der Waals surface area (Å²) in [5.74, 6) is 0.901. The molecule has 1 saturated carbocycles. The standard InChI is InChI=1S/C21H29NO3/c1-14-2-7-17(21-11-19(24)10-20(13-23)25-21)9-18(14)8-15-3-5-16(12-22)6-4-15/h2,7,9,15-16,19-21,23-24H,3-6,8,10-11,13H2,1H3. The Morgan fingerprint density at radius 2 is 1.96 bits per heavy atom. The predicted molar refractivity (Wildman–Crippen MR) is 95.9 cm³/mol. The van der Waals surface area contributed by atoms with Gasteiger partial charge in [-0.05, 0) is 61.6 Å². The number of hydrogen-bond acceptors (Lipinski definition) is 4. The van der Waals surface area contributed by atoms with Gasteiger partial charge in [0.1, 0.15) is 0 Å². The van der Waals surface area contributed by atoms with Crippen LogP contribution in [0.25, 0.3) is 0 Å². The number of aryl methyl sites for hydroxylation is 1. The smallest absolute Gasteiger partial charge is 0.0854 e. The van der Waals surface area contributed by atoms with Crippen LogP contribution in [0.1, 0.15) is 61.3 Å². The van der Waals surface area contributed by atoms with E-state index in [1.807, 2.05) is 0 Å². The van der Waals surface area contributed by atoms with Crippen molar-refractivity contribution >= 4 is 0 Å². The van der Waals surface area contributed by atoms with E-state index in [1.54, 1.807) is 0 Å². The predicted octanol–water partition coefficient (Wildman–Crippen LogP) is 3.44. The van der Waals surface area contributed by atoms with Gasteiger partial charge in [-0.1, -0.05) is 18.2 Å². The molecular weight excluding hydrogens is 314 g/mol. The molecule has 0 bridgehead atoms. The molecule has 3 unspecified atom stereocenters. The van der Waals surface area contributed by atoms with Gasteiger partial charge in [0.15, 0.2) is 0 Å². The maximum atomic E-state index is 10.1. The largest absolute Gasteiger partial charge is 0.394 e. The van der Waals surface area contributed by atoms with Gasteiger partial charge in [-0.15, -0.1) is 0 Å². The molecule has 1 heterocycles. The summed E-state index contributed by atoms with van der Waals surface area (Å²) in [7, 11) is 0. The van der Waals surface area contributed by atoms with Crippen molar-refractivity contribution in [3.63, 3.8) is 0 Å². The summed E-state index contributed by atoms with van der Waals surface area (Å²) in [6.07, 6.45) is 5.62. The molecule has 1 aliphatic carbocycles. The second-order valence-electron chi connectivity index (χ2n) is 7.79. The molecular formula is C21H29NO3. The molecule has 2 aliphatic rings. The lowest BCUT2D eigenvalue weighted by molar-refractivity contribution is -0.113. The van der Waals surface area contributed by atoms with Crippen molar-refractivity contribution < 1.29 is 14.9 Å². The number of hydrogen-bond donors (Lipinski definition) is 2. The van der Waals surface area contributed by atoms with Crippen molar-refractivity contribution in [2.45, 2.75) is 70.2 Å². The van der Waals surface area contributed by atoms with Gasteiger partial charge in [0, 0.05) is 18.8 Å². The molecule has 0 aromatic heterocycles. The number of benzene rings is 1. The number of ether oxygens (including phenoxy) is 1. The van der Waals surface area contributed by atoms with Crippen molar-refractivity contribution in [3.05, 3.63) is 34.9 Å². The minimum absolute atomic E-state index is 0.0472. The molecule has 1 aliphatic heterocycles. The first-order valence-electron chi connectivity index (χ1n) is 9.52. The maximum absolute atomic E-state index is 10.1. The summed E-state index contributed by atoms with van der Waals surface area (Å²) in [6.45, 7) is 2.10. The monoisotopic (exact) mass is 343 g/mol. The van der Waals surface area contributed by atoms with Crippen molar-refractivity contribution in [2.24, 2.45) is 11.8 Å². The molecule has 4 heteroatoms. The van der Waals surface area contributed by atoms with Crippen LogP contribution in [0.3, 0.4) is 0 Å². The topological polar surface area (TPSA) is 73.5 Å². The van der Waals surface area contributed by atoms with Gasteiger partial charge < -0.3 is 14.9 Å². The molecule has 3 atom stereocenters. The highest BCUT2D eigenvalue weighted by molar-refractivity contribution is 5.33. The number of aliphatic hydroxyl groups excluding tert-OH is 2. The van der Waals surface area contributed by atoms with Crippen LogP contribution in [-0.2, 0) is 11.2 Å². The van der Waals surface area contributed by atoms with E-state index >= 15 is 0 Å². The third-order valence-corrected chi connectivity index (χ3v) is 5.86. The van der Waals surface area contributed by atoms with Crippen molar-refractivity contribution in [2.75, 3.05) is 6.61 Å². The van der Waals surface area contributed by atoms with Gasteiger partial charge in [-0.3, -0.25) is 0 Å². The first kappa shape index (κ1) is 18.4. The van der Waals surface area contributed by atoms with Crippen LogP contribution in [0.4, 0.5) is 0 Å². The van der Waals surface area contributed by atoms with Crippen LogP contribution in [-0.4, -0.2) is 29.0 Å². The molecule has 0 spiro atoms. The number of aliphatic hydroxyl groups is 2. The van der Waals surface area contributed by atoms with Crippen LogP contribution in [0, 0.1) is 30.1 Å². The van der Waals surface area contributed by atoms with Gasteiger partial charge in [0.25, 0.3) is 0 Å². The van der Waals surface area contributed by atoms with E-state index in [4.69, 9.17) is 10.00 Å². The first-order chi connectivity index (χ1) is 12.1. The first-order valence-corrected chi connectivity index (χ1v) is 9.52. The Morgan fingerprint density at radius 1 is 1.20 bits per heavy atom. The van der Waals surface area contributed by atoms with E-state index in [2.05, 4.69) is 31.2 Å². The second kappa shape index (κ2) is 8.31. The SMILES string of the molecule is Cc1ccc(C2CC(O)CC(CO)O2)cc1CC1CCC(C#N)CC1. The summed E-state index contributed by atoms with van der Waals surface area (Å²) < 4.78 is 5.96. The molecule has 1 aromatic carbocycles. The van der Waals surface area contributed by atoms with Crippen molar-refractivity contribution in [1.82, 2.24) is 0 Å². The van der Waals surface area contributed by atoms with Crippen LogP contribution in [0.15, 0.2) is 18.2 Å². The Labute approximate surface area is 150 Å². The third-order valence-electron chi connectivity index (χ3n) is 5.86. The highest BCUT2D eigenvalue weighted by atomic mass is 16.5. The van der Waals surface area contributed by atoms with Gasteiger partial charge >= 0.3 is 0 Å². The van der Waals surface area contributed by atoms with E-state index in [0.717, 1.165) is 37.7 Å². The second-order valence-corrected chi connectivity index (χ2v) is 7.79. The van der Waals surface area contributed by atoms with Crippen molar-refractivity contribution in [1.29, 1.82) is 5.26 Å². The van der Waals surface area contributed by atoms with E-state index in [1.165, 1.54) is 11.1 Å². The number of rotatable bonds is 4. The van der Waals surface area contributed by atoms with Crippen LogP contribution in [0.2, 0.25) is 0 Å². The Bertz CT molecular complexity index is 616. The van der Waals surface area contributed by atoms with Gasteiger partial charge in [0.2, 0.25) is 0 Å². The molecule has 0 radical (unpaired) electrons. The van der Waals surface area contributed by atoms with E-state index in [9.17, 15) is 10.2 Å². The van der Waals surface area contributed by atoms with Crippen LogP contribution < -0.4 is 0 Å². The zero-order valence-corrected chi connectivity index (χ0v) is 15.0. The number of nitrogens with zero attached hydrogens (tertiary/aromatic N) is 1. The van der Waals surface area contributed by atoms with Gasteiger partial charge in [-0.2, -0.15) is 5.26 Å². The zero-order valence-electron chi connectivity index (χ0n) is 15.0. The quantitative estimate of drug-likeness (QED) is 0.878. The lowest BCUT2D eigenvalue weighted by Gasteiger charge is -2.33. The minimum Gasteiger partial charge on any atom is -0.394 e. The van der Waals surface area contributed by atoms with Gasteiger partial charge in [-0.25, -0.2) is 0 Å². The molecule has 4 nitrogen and oxygen atoms in total. The summed E-state index contributed by atoms with van der Waals surface area (Å²) in [6, 6.07) is 8.86. The molecule has 2 N–H and O–H groups in total. The molecule has 136 valence electrons. The van der Waals surface area contributed by atoms with Gasteiger partial charge in [0.05, 0.1) is 31.0 Å². The number of nitriles is 1. The maximum Gasteiger partial charge on any atom is 0.0854 e. The van der Waals surface area contributed by atoms with E-state index < -0.39 is 6.10 Å². The summed E-state index contributed by atoms with van der Waals surface area (Å²) >= 11 is 0. The summed E-state index contributed by atoms with van der Waals surface area (Å²) in [4.78, 5) is 0. The fraction of sp³-hybridized carbons (Fsp3) is 0.667. The van der Waals surface area contributed by atoms with Crippen molar-refractivity contribution in [3.8, 4) is 6.07 Å². The average molecular weight is 343 g/mol. The fourth-order valence-electron chi connectivity index (χ4n) is 4.24. The Kier molecular flexibility index (Phi) is 6.11. The average Bonchev–Trinajstić information content (AvgIpc) is 2.63. The highest BCUT2D eigenvalue weighted by Crippen LogP contribution is 2.35. The highest BCUT2D eigenvalue weighted by Gasteiger charge is 2.29. The summed E-state index contributed by atoms with van der Waals surface area (Å²) in [5, 5.41) is 28.5. The lowest BCUT2D eigenvalue weighted by Crippen LogP contribution is -2.33. The molecule has 0 amide bonds. The zero-order chi connectivity index (χ0) is 17.8. The lowest BCUT2D eigenvalue weighted by atomic mass is 9.79. The fourth-order valence-corrected chi connectivity index (χ4v) is 4.24. The molecule has 1 aromatic rings. The molecule has 3 rings (SSSR count). The third kappa shape index (κ3) is 4.61. The molecule has 1 saturated heterocycles. The minimum atomic E-state index is -0.415. The van der Waals surface area contributed by atoms with E-state index in [0.29, 0.717) is 18.8 Å². The molecule has 25 heavy (non-hydrogen) atoms.